The van der Waals surface area contributed by atoms with E-state index in [0.29, 0.717) is 44.8 Å². The average Bonchev–Trinajstić information content (AvgIpc) is 2.89. The van der Waals surface area contributed by atoms with Gasteiger partial charge < -0.3 is 19.1 Å². The third kappa shape index (κ3) is 4.10. The fraction of sp³-hybridized carbons (Fsp3) is 0.524. The SMILES string of the molecule is Cc1noc(C)c1CCC(=O)N1C[C@@H]2COC[C@H](C1)N(c1cccc(C#N)n1)C2. The number of anilines is 1. The number of aryl methyl sites for hydroxylation is 2. The Morgan fingerprint density at radius 3 is 2.90 bits per heavy atom. The van der Waals surface area contributed by atoms with Crippen LogP contribution < -0.4 is 4.90 Å². The third-order valence-electron chi connectivity index (χ3n) is 5.74. The van der Waals surface area contributed by atoms with Gasteiger partial charge in [0, 0.05) is 37.5 Å². The first-order valence-electron chi connectivity index (χ1n) is 9.96. The summed E-state index contributed by atoms with van der Waals surface area (Å²) in [6.07, 6.45) is 1.07. The molecule has 8 heteroatoms. The van der Waals surface area contributed by atoms with Crippen LogP contribution in [0.5, 0.6) is 0 Å². The zero-order valence-corrected chi connectivity index (χ0v) is 16.8. The van der Waals surface area contributed by atoms with Gasteiger partial charge in [0.25, 0.3) is 0 Å². The van der Waals surface area contributed by atoms with Crippen molar-refractivity contribution in [1.82, 2.24) is 15.0 Å². The van der Waals surface area contributed by atoms with Gasteiger partial charge in [0.05, 0.1) is 24.9 Å². The maximum absolute atomic E-state index is 13.0. The Morgan fingerprint density at radius 1 is 1.28 bits per heavy atom. The van der Waals surface area contributed by atoms with Crippen LogP contribution >= 0.6 is 0 Å². The lowest BCUT2D eigenvalue weighted by Gasteiger charge is -2.32. The highest BCUT2D eigenvalue weighted by molar-refractivity contribution is 5.76. The quantitative estimate of drug-likeness (QED) is 0.779. The minimum absolute atomic E-state index is 0.0203. The first-order chi connectivity index (χ1) is 14.0. The molecule has 1 amide bonds. The van der Waals surface area contributed by atoms with Crippen molar-refractivity contribution in [2.75, 3.05) is 37.7 Å². The summed E-state index contributed by atoms with van der Waals surface area (Å²) in [5, 5.41) is 13.1. The molecule has 2 aliphatic rings. The first-order valence-corrected chi connectivity index (χ1v) is 9.96. The number of fused-ring (bicyclic) bond motifs is 3. The van der Waals surface area contributed by atoms with Gasteiger partial charge in [-0.2, -0.15) is 5.26 Å². The molecular weight excluding hydrogens is 370 g/mol. The summed E-state index contributed by atoms with van der Waals surface area (Å²) in [5.41, 5.74) is 2.27. The van der Waals surface area contributed by atoms with Crippen molar-refractivity contribution >= 4 is 11.7 Å². The van der Waals surface area contributed by atoms with Crippen molar-refractivity contribution in [2.24, 2.45) is 5.92 Å². The van der Waals surface area contributed by atoms with Gasteiger partial charge >= 0.3 is 0 Å². The Morgan fingerprint density at radius 2 is 2.14 bits per heavy atom. The molecule has 29 heavy (non-hydrogen) atoms. The molecule has 0 unspecified atom stereocenters. The third-order valence-corrected chi connectivity index (χ3v) is 5.74. The molecule has 0 aromatic carbocycles. The number of hydrogen-bond donors (Lipinski definition) is 0. The number of nitrogens with zero attached hydrogens (tertiary/aromatic N) is 5. The van der Waals surface area contributed by atoms with Gasteiger partial charge in [-0.25, -0.2) is 4.98 Å². The lowest BCUT2D eigenvalue weighted by atomic mass is 10.1. The summed E-state index contributed by atoms with van der Waals surface area (Å²) >= 11 is 0. The van der Waals surface area contributed by atoms with Gasteiger partial charge in [0.2, 0.25) is 5.91 Å². The topological polar surface area (TPSA) is 95.5 Å². The molecule has 152 valence electrons. The van der Waals surface area contributed by atoms with Gasteiger partial charge in [-0.1, -0.05) is 11.2 Å². The highest BCUT2D eigenvalue weighted by Gasteiger charge is 2.35. The Labute approximate surface area is 170 Å². The summed E-state index contributed by atoms with van der Waals surface area (Å²) in [4.78, 5) is 21.6. The van der Waals surface area contributed by atoms with Crippen LogP contribution in [0.3, 0.4) is 0 Å². The fourth-order valence-electron chi connectivity index (χ4n) is 4.22. The van der Waals surface area contributed by atoms with Crippen molar-refractivity contribution in [3.8, 4) is 6.07 Å². The van der Waals surface area contributed by atoms with Crippen LogP contribution in [-0.4, -0.2) is 59.8 Å². The summed E-state index contributed by atoms with van der Waals surface area (Å²) in [6.45, 7) is 6.99. The largest absolute Gasteiger partial charge is 0.379 e. The van der Waals surface area contributed by atoms with Gasteiger partial charge in [-0.05, 0) is 32.4 Å². The van der Waals surface area contributed by atoms with Gasteiger partial charge in [-0.3, -0.25) is 4.79 Å². The lowest BCUT2D eigenvalue weighted by molar-refractivity contribution is -0.132. The molecule has 2 bridgehead atoms. The Bertz CT molecular complexity index is 915. The summed E-state index contributed by atoms with van der Waals surface area (Å²) in [7, 11) is 0. The molecule has 0 radical (unpaired) electrons. The van der Waals surface area contributed by atoms with Crippen molar-refractivity contribution in [3.63, 3.8) is 0 Å². The van der Waals surface area contributed by atoms with E-state index in [9.17, 15) is 10.1 Å². The Balaban J connectivity index is 1.49. The van der Waals surface area contributed by atoms with Crippen molar-refractivity contribution in [2.45, 2.75) is 32.7 Å². The molecule has 2 atom stereocenters. The molecule has 8 nitrogen and oxygen atoms in total. The molecule has 0 saturated carbocycles. The molecule has 2 aromatic rings. The van der Waals surface area contributed by atoms with E-state index in [-0.39, 0.29) is 17.9 Å². The van der Waals surface area contributed by atoms with Crippen LogP contribution in [0.4, 0.5) is 5.82 Å². The van der Waals surface area contributed by atoms with Crippen LogP contribution in [0.25, 0.3) is 0 Å². The van der Waals surface area contributed by atoms with E-state index in [1.165, 1.54) is 0 Å². The second-order valence-corrected chi connectivity index (χ2v) is 7.80. The number of aromatic nitrogens is 2. The average molecular weight is 395 g/mol. The molecule has 2 aromatic heterocycles. The molecule has 0 N–H and O–H groups in total. The van der Waals surface area contributed by atoms with E-state index in [0.717, 1.165) is 29.4 Å². The van der Waals surface area contributed by atoms with Crippen molar-refractivity contribution < 1.29 is 14.1 Å². The molecule has 0 aliphatic carbocycles. The zero-order valence-electron chi connectivity index (χ0n) is 16.8. The number of carbonyl (C=O) groups is 1. The van der Waals surface area contributed by atoms with Gasteiger partial charge in [-0.15, -0.1) is 0 Å². The van der Waals surface area contributed by atoms with Crippen molar-refractivity contribution in [1.29, 1.82) is 5.26 Å². The molecule has 2 saturated heterocycles. The number of ether oxygens (including phenoxy) is 1. The molecule has 2 fully saturated rings. The van der Waals surface area contributed by atoms with Gasteiger partial charge in [0.1, 0.15) is 23.3 Å². The van der Waals surface area contributed by atoms with Crippen LogP contribution in [-0.2, 0) is 16.0 Å². The second-order valence-electron chi connectivity index (χ2n) is 7.80. The van der Waals surface area contributed by atoms with Crippen LogP contribution in [0, 0.1) is 31.1 Å². The highest BCUT2D eigenvalue weighted by atomic mass is 16.5. The maximum Gasteiger partial charge on any atom is 0.222 e. The van der Waals surface area contributed by atoms with E-state index in [2.05, 4.69) is 21.1 Å². The smallest absolute Gasteiger partial charge is 0.222 e. The second kappa shape index (κ2) is 8.21. The van der Waals surface area contributed by atoms with Crippen LogP contribution in [0.15, 0.2) is 22.7 Å². The minimum atomic E-state index is 0.0203. The molecule has 4 rings (SSSR count). The van der Waals surface area contributed by atoms with Crippen LogP contribution in [0.1, 0.15) is 29.1 Å². The number of amides is 1. The van der Waals surface area contributed by atoms with E-state index < -0.39 is 0 Å². The predicted molar refractivity (Wildman–Crippen MR) is 105 cm³/mol. The fourth-order valence-corrected chi connectivity index (χ4v) is 4.22. The summed E-state index contributed by atoms with van der Waals surface area (Å²) in [6, 6.07) is 7.60. The summed E-state index contributed by atoms with van der Waals surface area (Å²) in [5.74, 6) is 1.90. The highest BCUT2D eigenvalue weighted by Crippen LogP contribution is 2.25. The standard InChI is InChI=1S/C21H25N5O3/c1-14-19(15(2)29-24-14)6-7-21(27)25-9-16-10-26(18(11-25)13-28-12-16)20-5-3-4-17(8-22)23-20/h3-5,16,18H,6-7,9-13H2,1-2H3/t16-,18-/m0/s1. The van der Waals surface area contributed by atoms with Gasteiger partial charge in [0.15, 0.2) is 0 Å². The van der Waals surface area contributed by atoms with E-state index in [1.54, 1.807) is 6.07 Å². The molecule has 0 spiro atoms. The van der Waals surface area contributed by atoms with Crippen LogP contribution in [0.2, 0.25) is 0 Å². The normalized spacial score (nSPS) is 21.6. The lowest BCUT2D eigenvalue weighted by Crippen LogP contribution is -2.46. The van der Waals surface area contributed by atoms with Crippen molar-refractivity contribution in [3.05, 3.63) is 40.9 Å². The van der Waals surface area contributed by atoms with E-state index >= 15 is 0 Å². The Hall–Kier alpha value is -2.92. The number of rotatable bonds is 4. The predicted octanol–water partition coefficient (Wildman–Crippen LogP) is 1.85. The zero-order chi connectivity index (χ0) is 20.4. The molecular formula is C21H25N5O3. The maximum atomic E-state index is 13.0. The monoisotopic (exact) mass is 395 g/mol. The number of nitriles is 1. The molecule has 4 heterocycles. The van der Waals surface area contributed by atoms with E-state index in [4.69, 9.17) is 9.26 Å². The van der Waals surface area contributed by atoms with E-state index in [1.807, 2.05) is 30.9 Å². The Kier molecular flexibility index (Phi) is 5.49. The minimum Gasteiger partial charge on any atom is -0.379 e. The number of pyridine rings is 1. The first kappa shape index (κ1) is 19.4. The molecule has 2 aliphatic heterocycles. The summed E-state index contributed by atoms with van der Waals surface area (Å²) < 4.78 is 11.1. The number of hydrogen-bond acceptors (Lipinski definition) is 7. The number of carbonyl (C=O) groups excluding carboxylic acids is 1.